The predicted molar refractivity (Wildman–Crippen MR) is 139 cm³/mol. The Morgan fingerprint density at radius 1 is 0.706 bits per heavy atom. The molecule has 0 radical (unpaired) electrons. The number of hydrogen-bond donors (Lipinski definition) is 0. The molecule has 0 N–H and O–H groups in total. The van der Waals surface area contributed by atoms with Gasteiger partial charge in [-0.15, -0.1) is 0 Å². The van der Waals surface area contributed by atoms with Crippen molar-refractivity contribution in [3.05, 3.63) is 29.6 Å². The van der Waals surface area contributed by atoms with Gasteiger partial charge in [0.1, 0.15) is 11.4 Å². The maximum atomic E-state index is 12.4. The van der Waals surface area contributed by atoms with Crippen molar-refractivity contribution in [1.29, 1.82) is 0 Å². The molecule has 1 atom stereocenters. The zero-order chi connectivity index (χ0) is 24.9. The molecule has 0 fully saturated rings. The lowest BCUT2D eigenvalue weighted by atomic mass is 10.1. The highest BCUT2D eigenvalue weighted by Crippen LogP contribution is 2.13. The van der Waals surface area contributed by atoms with Crippen molar-refractivity contribution < 1.29 is 19.1 Å². The van der Waals surface area contributed by atoms with E-state index in [4.69, 9.17) is 9.47 Å². The lowest BCUT2D eigenvalue weighted by Gasteiger charge is -2.13. The minimum atomic E-state index is -0.487. The van der Waals surface area contributed by atoms with Crippen LogP contribution in [0, 0.1) is 0 Å². The van der Waals surface area contributed by atoms with Crippen LogP contribution in [0.5, 0.6) is 0 Å². The Kier molecular flexibility index (Phi) is 18.1. The van der Waals surface area contributed by atoms with E-state index in [0.29, 0.717) is 6.61 Å². The second-order valence-corrected chi connectivity index (χ2v) is 9.50. The molecule has 1 aromatic heterocycles. The largest absolute Gasteiger partial charge is 0.461 e. The summed E-state index contributed by atoms with van der Waals surface area (Å²) in [4.78, 5) is 28.8. The van der Waals surface area contributed by atoms with Crippen LogP contribution in [0.2, 0.25) is 0 Å². The van der Waals surface area contributed by atoms with Gasteiger partial charge in [-0.1, -0.05) is 110 Å². The third-order valence-electron chi connectivity index (χ3n) is 6.17. The van der Waals surface area contributed by atoms with E-state index in [1.807, 2.05) is 6.92 Å². The molecule has 0 saturated carbocycles. The zero-order valence-corrected chi connectivity index (χ0v) is 22.1. The second-order valence-electron chi connectivity index (χ2n) is 9.50. The van der Waals surface area contributed by atoms with E-state index in [-0.39, 0.29) is 17.5 Å². The van der Waals surface area contributed by atoms with Crippen LogP contribution in [-0.4, -0.2) is 29.6 Å². The molecular formula is C29H49NO4. The lowest BCUT2D eigenvalue weighted by Crippen LogP contribution is -2.17. The molecule has 0 spiro atoms. The molecule has 5 nitrogen and oxygen atoms in total. The van der Waals surface area contributed by atoms with Crippen molar-refractivity contribution in [2.24, 2.45) is 0 Å². The maximum Gasteiger partial charge on any atom is 0.357 e. The van der Waals surface area contributed by atoms with E-state index in [1.165, 1.54) is 77.0 Å². The summed E-state index contributed by atoms with van der Waals surface area (Å²) in [7, 11) is 0. The van der Waals surface area contributed by atoms with E-state index >= 15 is 0 Å². The molecule has 0 saturated heterocycles. The first kappa shape index (κ1) is 30.1. The molecular weight excluding hydrogens is 426 g/mol. The van der Waals surface area contributed by atoms with Crippen molar-refractivity contribution in [2.75, 3.05) is 6.61 Å². The van der Waals surface area contributed by atoms with Crippen LogP contribution in [0.4, 0.5) is 0 Å². The molecule has 1 unspecified atom stereocenters. The van der Waals surface area contributed by atoms with Crippen molar-refractivity contribution in [1.82, 2.24) is 4.98 Å². The number of aromatic nitrogens is 1. The molecule has 1 rings (SSSR count). The van der Waals surface area contributed by atoms with Crippen LogP contribution in [0.25, 0.3) is 0 Å². The molecule has 5 heteroatoms. The Balaban J connectivity index is 2.16. The van der Waals surface area contributed by atoms with Crippen molar-refractivity contribution in [3.63, 3.8) is 0 Å². The van der Waals surface area contributed by atoms with E-state index in [1.54, 1.807) is 18.2 Å². The topological polar surface area (TPSA) is 65.5 Å². The minimum absolute atomic E-state index is 0.153. The highest BCUT2D eigenvalue weighted by molar-refractivity contribution is 5.91. The molecule has 0 aliphatic heterocycles. The highest BCUT2D eigenvalue weighted by atomic mass is 16.5. The Hall–Kier alpha value is -1.91. The SMILES string of the molecule is CCCCCCCCCCCCCCOC(=O)c1cccc(C(=O)OC(C)CCCCCC)n1. The molecule has 194 valence electrons. The van der Waals surface area contributed by atoms with Gasteiger partial charge in [-0.2, -0.15) is 0 Å². The molecule has 0 aliphatic rings. The number of carbonyl (C=O) groups excluding carboxylic acids is 2. The molecule has 34 heavy (non-hydrogen) atoms. The fraction of sp³-hybridized carbons (Fsp3) is 0.759. The normalized spacial score (nSPS) is 11.9. The van der Waals surface area contributed by atoms with Crippen LogP contribution in [0.15, 0.2) is 18.2 Å². The van der Waals surface area contributed by atoms with Gasteiger partial charge in [0, 0.05) is 0 Å². The summed E-state index contributed by atoms with van der Waals surface area (Å²) < 4.78 is 10.8. The maximum absolute atomic E-state index is 12.4. The molecule has 0 amide bonds. The number of carbonyl (C=O) groups is 2. The lowest BCUT2D eigenvalue weighted by molar-refractivity contribution is 0.0312. The average molecular weight is 476 g/mol. The van der Waals surface area contributed by atoms with Crippen molar-refractivity contribution >= 4 is 11.9 Å². The number of rotatable bonds is 21. The van der Waals surface area contributed by atoms with Gasteiger partial charge >= 0.3 is 11.9 Å². The monoisotopic (exact) mass is 475 g/mol. The Bertz CT molecular complexity index is 661. The van der Waals surface area contributed by atoms with Crippen LogP contribution in [0.3, 0.4) is 0 Å². The fourth-order valence-corrected chi connectivity index (χ4v) is 4.00. The Morgan fingerprint density at radius 3 is 1.74 bits per heavy atom. The van der Waals surface area contributed by atoms with Crippen LogP contribution < -0.4 is 0 Å². The van der Waals surface area contributed by atoms with Gasteiger partial charge in [-0.05, 0) is 38.3 Å². The number of pyridine rings is 1. The van der Waals surface area contributed by atoms with Crippen molar-refractivity contribution in [3.8, 4) is 0 Å². The number of esters is 2. The zero-order valence-electron chi connectivity index (χ0n) is 22.1. The van der Waals surface area contributed by atoms with Gasteiger partial charge in [0.05, 0.1) is 12.7 Å². The number of nitrogens with zero attached hydrogens (tertiary/aromatic N) is 1. The molecule has 1 aromatic rings. The summed E-state index contributed by atoms with van der Waals surface area (Å²) in [6.07, 6.45) is 20.5. The summed E-state index contributed by atoms with van der Waals surface area (Å²) in [6.45, 7) is 6.72. The van der Waals surface area contributed by atoms with Gasteiger partial charge in [0.25, 0.3) is 0 Å². The predicted octanol–water partition coefficient (Wildman–Crippen LogP) is 8.46. The van der Waals surface area contributed by atoms with Crippen molar-refractivity contribution in [2.45, 2.75) is 136 Å². The summed E-state index contributed by atoms with van der Waals surface area (Å²) >= 11 is 0. The summed E-state index contributed by atoms with van der Waals surface area (Å²) in [6, 6.07) is 4.81. The fourth-order valence-electron chi connectivity index (χ4n) is 4.00. The number of unbranched alkanes of at least 4 members (excludes halogenated alkanes) is 14. The third kappa shape index (κ3) is 15.1. The summed E-state index contributed by atoms with van der Waals surface area (Å²) in [5.74, 6) is -0.969. The highest BCUT2D eigenvalue weighted by Gasteiger charge is 2.16. The number of hydrogen-bond acceptors (Lipinski definition) is 5. The first-order chi connectivity index (χ1) is 16.6. The van der Waals surface area contributed by atoms with Gasteiger partial charge in [0.2, 0.25) is 0 Å². The third-order valence-corrected chi connectivity index (χ3v) is 6.17. The minimum Gasteiger partial charge on any atom is -0.461 e. The average Bonchev–Trinajstić information content (AvgIpc) is 2.84. The molecule has 0 bridgehead atoms. The summed E-state index contributed by atoms with van der Waals surface area (Å²) in [5, 5.41) is 0. The summed E-state index contributed by atoms with van der Waals surface area (Å²) in [5.41, 5.74) is 0.309. The quantitative estimate of drug-likeness (QED) is 0.132. The second kappa shape index (κ2) is 20.5. The first-order valence-corrected chi connectivity index (χ1v) is 13.9. The number of ether oxygens (including phenoxy) is 2. The molecule has 0 aliphatic carbocycles. The van der Waals surface area contributed by atoms with E-state index in [0.717, 1.165) is 32.1 Å². The van der Waals surface area contributed by atoms with E-state index in [2.05, 4.69) is 18.8 Å². The van der Waals surface area contributed by atoms with E-state index in [9.17, 15) is 9.59 Å². The first-order valence-electron chi connectivity index (χ1n) is 13.9. The standard InChI is InChI=1S/C29H49NO4/c1-4-6-8-10-11-12-13-14-15-16-17-19-24-33-28(31)26-22-20-23-27(30-26)29(32)34-25(3)21-18-9-7-5-2/h20,22-23,25H,4-19,21,24H2,1-3H3. The van der Waals surface area contributed by atoms with Gasteiger partial charge in [0.15, 0.2) is 0 Å². The Morgan fingerprint density at radius 2 is 1.18 bits per heavy atom. The van der Waals surface area contributed by atoms with E-state index < -0.39 is 11.9 Å². The van der Waals surface area contributed by atoms with Gasteiger partial charge in [-0.25, -0.2) is 14.6 Å². The van der Waals surface area contributed by atoms with Gasteiger partial charge < -0.3 is 9.47 Å². The molecule has 0 aromatic carbocycles. The molecule has 1 heterocycles. The van der Waals surface area contributed by atoms with Crippen LogP contribution in [-0.2, 0) is 9.47 Å². The smallest absolute Gasteiger partial charge is 0.357 e. The van der Waals surface area contributed by atoms with Crippen LogP contribution >= 0.6 is 0 Å². The Labute approximate surface area is 208 Å². The van der Waals surface area contributed by atoms with Gasteiger partial charge in [-0.3, -0.25) is 0 Å². The van der Waals surface area contributed by atoms with Crippen LogP contribution in [0.1, 0.15) is 151 Å².